The van der Waals surface area contributed by atoms with E-state index >= 15 is 0 Å². The summed E-state index contributed by atoms with van der Waals surface area (Å²) in [5.74, 6) is 0. The molecule has 0 aliphatic carbocycles. The molecule has 1 N–H and O–H groups in total. The molecule has 2 aromatic rings. The quantitative estimate of drug-likeness (QED) is 0.795. The third-order valence-electron chi connectivity index (χ3n) is 2.21. The minimum absolute atomic E-state index is 0.991. The smallest absolute Gasteiger partial charge is 0.0824 e. The Bertz CT molecular complexity index is 353. The summed E-state index contributed by atoms with van der Waals surface area (Å²) in [5, 5.41) is 10.3. The second kappa shape index (κ2) is 4.56. The van der Waals surface area contributed by atoms with Crippen LogP contribution in [-0.2, 0) is 12.8 Å². The van der Waals surface area contributed by atoms with Crippen molar-refractivity contribution in [1.29, 1.82) is 0 Å². The Morgan fingerprint density at radius 1 is 1.07 bits per heavy atom. The van der Waals surface area contributed by atoms with Crippen LogP contribution in [0.1, 0.15) is 17.7 Å². The van der Waals surface area contributed by atoms with E-state index in [4.69, 9.17) is 0 Å². The molecule has 0 aliphatic heterocycles. The van der Waals surface area contributed by atoms with Gasteiger partial charge in [0.05, 0.1) is 5.69 Å². The topological polar surface area (TPSA) is 41.6 Å². The van der Waals surface area contributed by atoms with Crippen LogP contribution in [0.15, 0.2) is 36.5 Å². The van der Waals surface area contributed by atoms with Crippen LogP contribution in [0.4, 0.5) is 0 Å². The SMILES string of the molecule is c1ccc(CCCc2c[nH]nn2)cc1. The Hall–Kier alpha value is -1.64. The summed E-state index contributed by atoms with van der Waals surface area (Å²) < 4.78 is 0. The number of aromatic nitrogens is 3. The van der Waals surface area contributed by atoms with Crippen LogP contribution >= 0.6 is 0 Å². The van der Waals surface area contributed by atoms with E-state index < -0.39 is 0 Å². The zero-order chi connectivity index (χ0) is 9.64. The summed E-state index contributed by atoms with van der Waals surface area (Å²) in [6.07, 6.45) is 5.07. The van der Waals surface area contributed by atoms with Gasteiger partial charge in [0.1, 0.15) is 0 Å². The van der Waals surface area contributed by atoms with Gasteiger partial charge in [-0.3, -0.25) is 5.10 Å². The molecule has 0 atom stereocenters. The summed E-state index contributed by atoms with van der Waals surface area (Å²) >= 11 is 0. The number of hydrogen-bond acceptors (Lipinski definition) is 2. The highest BCUT2D eigenvalue weighted by Crippen LogP contribution is 2.05. The van der Waals surface area contributed by atoms with Crippen LogP contribution in [0.2, 0.25) is 0 Å². The van der Waals surface area contributed by atoms with Crippen molar-refractivity contribution in [2.75, 3.05) is 0 Å². The van der Waals surface area contributed by atoms with Gasteiger partial charge < -0.3 is 0 Å². The van der Waals surface area contributed by atoms with Crippen LogP contribution in [0, 0.1) is 0 Å². The number of nitrogens with zero attached hydrogens (tertiary/aromatic N) is 2. The molecule has 0 radical (unpaired) electrons. The van der Waals surface area contributed by atoms with Crippen molar-refractivity contribution in [3.63, 3.8) is 0 Å². The molecule has 0 unspecified atom stereocenters. The number of benzene rings is 1. The van der Waals surface area contributed by atoms with Crippen LogP contribution in [0.5, 0.6) is 0 Å². The number of hydrogen-bond donors (Lipinski definition) is 1. The van der Waals surface area contributed by atoms with Gasteiger partial charge in [0.2, 0.25) is 0 Å². The maximum Gasteiger partial charge on any atom is 0.0824 e. The largest absolute Gasteiger partial charge is 0.265 e. The van der Waals surface area contributed by atoms with E-state index in [0.717, 1.165) is 25.0 Å². The van der Waals surface area contributed by atoms with Crippen molar-refractivity contribution in [3.8, 4) is 0 Å². The van der Waals surface area contributed by atoms with Gasteiger partial charge in [-0.15, -0.1) is 5.10 Å². The van der Waals surface area contributed by atoms with Gasteiger partial charge >= 0.3 is 0 Å². The van der Waals surface area contributed by atoms with Crippen molar-refractivity contribution >= 4 is 0 Å². The van der Waals surface area contributed by atoms with Crippen molar-refractivity contribution in [2.24, 2.45) is 0 Å². The Labute approximate surface area is 83.2 Å². The minimum atomic E-state index is 0.991. The summed E-state index contributed by atoms with van der Waals surface area (Å²) in [6, 6.07) is 10.5. The molecule has 0 saturated heterocycles. The van der Waals surface area contributed by atoms with Gasteiger partial charge in [0.15, 0.2) is 0 Å². The lowest BCUT2D eigenvalue weighted by atomic mass is 10.1. The summed E-state index contributed by atoms with van der Waals surface area (Å²) in [6.45, 7) is 0. The number of H-pyrrole nitrogens is 1. The molecule has 0 bridgehead atoms. The van der Waals surface area contributed by atoms with Crippen LogP contribution in [0.3, 0.4) is 0 Å². The third kappa shape index (κ3) is 2.42. The average Bonchev–Trinajstić information content (AvgIpc) is 2.72. The standard InChI is InChI=1S/C11H13N3/c1-2-5-10(6-3-1)7-4-8-11-9-12-14-13-11/h1-3,5-6,9H,4,7-8H2,(H,12,13,14). The van der Waals surface area contributed by atoms with Gasteiger partial charge in [0, 0.05) is 6.20 Å². The van der Waals surface area contributed by atoms with Crippen molar-refractivity contribution in [1.82, 2.24) is 15.4 Å². The number of nitrogens with one attached hydrogen (secondary N) is 1. The molecular formula is C11H13N3. The lowest BCUT2D eigenvalue weighted by molar-refractivity contribution is 0.790. The maximum absolute atomic E-state index is 3.94. The van der Waals surface area contributed by atoms with Crippen molar-refractivity contribution < 1.29 is 0 Å². The number of aromatic amines is 1. The molecule has 0 fully saturated rings. The van der Waals surface area contributed by atoms with E-state index in [0.29, 0.717) is 0 Å². The van der Waals surface area contributed by atoms with E-state index in [-0.39, 0.29) is 0 Å². The Balaban J connectivity index is 1.79. The van der Waals surface area contributed by atoms with Gasteiger partial charge in [-0.2, -0.15) is 0 Å². The predicted octanol–water partition coefficient (Wildman–Crippen LogP) is 1.98. The molecule has 1 aromatic carbocycles. The highest BCUT2D eigenvalue weighted by atomic mass is 15.3. The Kier molecular flexibility index (Phi) is 2.91. The third-order valence-corrected chi connectivity index (χ3v) is 2.21. The van der Waals surface area contributed by atoms with Gasteiger partial charge in [-0.25, -0.2) is 0 Å². The first-order valence-electron chi connectivity index (χ1n) is 4.84. The molecule has 0 aliphatic rings. The molecule has 14 heavy (non-hydrogen) atoms. The zero-order valence-corrected chi connectivity index (χ0v) is 7.98. The van der Waals surface area contributed by atoms with Crippen LogP contribution < -0.4 is 0 Å². The molecule has 72 valence electrons. The fraction of sp³-hybridized carbons (Fsp3) is 0.273. The molecule has 0 spiro atoms. The van der Waals surface area contributed by atoms with E-state index in [1.54, 1.807) is 0 Å². The highest BCUT2D eigenvalue weighted by Gasteiger charge is 1.96. The first-order valence-corrected chi connectivity index (χ1v) is 4.84. The molecule has 0 saturated carbocycles. The Morgan fingerprint density at radius 3 is 2.64 bits per heavy atom. The fourth-order valence-corrected chi connectivity index (χ4v) is 1.47. The number of rotatable bonds is 4. The highest BCUT2D eigenvalue weighted by molar-refractivity contribution is 5.14. The van der Waals surface area contributed by atoms with Crippen LogP contribution in [-0.4, -0.2) is 15.4 Å². The van der Waals surface area contributed by atoms with Gasteiger partial charge in [0.25, 0.3) is 0 Å². The zero-order valence-electron chi connectivity index (χ0n) is 7.98. The van der Waals surface area contributed by atoms with Crippen LogP contribution in [0.25, 0.3) is 0 Å². The molecule has 1 aromatic heterocycles. The summed E-state index contributed by atoms with van der Waals surface area (Å²) in [4.78, 5) is 0. The van der Waals surface area contributed by atoms with Crippen molar-refractivity contribution in [3.05, 3.63) is 47.8 Å². The summed E-state index contributed by atoms with van der Waals surface area (Å²) in [7, 11) is 0. The maximum atomic E-state index is 3.94. The van der Waals surface area contributed by atoms with E-state index in [1.807, 2.05) is 12.3 Å². The Morgan fingerprint density at radius 2 is 1.93 bits per heavy atom. The van der Waals surface area contributed by atoms with E-state index in [9.17, 15) is 0 Å². The predicted molar refractivity (Wildman–Crippen MR) is 54.8 cm³/mol. The van der Waals surface area contributed by atoms with Crippen molar-refractivity contribution in [2.45, 2.75) is 19.3 Å². The second-order valence-electron chi connectivity index (χ2n) is 3.30. The summed E-state index contributed by atoms with van der Waals surface area (Å²) in [5.41, 5.74) is 2.43. The van der Waals surface area contributed by atoms with E-state index in [1.165, 1.54) is 5.56 Å². The van der Waals surface area contributed by atoms with Gasteiger partial charge in [-0.05, 0) is 24.8 Å². The number of aryl methyl sites for hydroxylation is 2. The molecule has 1 heterocycles. The molecule has 3 nitrogen and oxygen atoms in total. The monoisotopic (exact) mass is 187 g/mol. The lowest BCUT2D eigenvalue weighted by Gasteiger charge is -1.98. The lowest BCUT2D eigenvalue weighted by Crippen LogP contribution is -1.90. The second-order valence-corrected chi connectivity index (χ2v) is 3.30. The van der Waals surface area contributed by atoms with Gasteiger partial charge in [-0.1, -0.05) is 35.5 Å². The molecule has 0 amide bonds. The first kappa shape index (κ1) is 8.94. The first-order chi connectivity index (χ1) is 6.95. The fourth-order valence-electron chi connectivity index (χ4n) is 1.47. The molecular weight excluding hydrogens is 174 g/mol. The normalized spacial score (nSPS) is 10.3. The molecule has 3 heteroatoms. The molecule has 2 rings (SSSR count). The van der Waals surface area contributed by atoms with E-state index in [2.05, 4.69) is 39.7 Å². The average molecular weight is 187 g/mol. The minimum Gasteiger partial charge on any atom is -0.265 e.